The summed E-state index contributed by atoms with van der Waals surface area (Å²) in [5.74, 6) is -0.0630. The van der Waals surface area contributed by atoms with Crippen LogP contribution >= 0.6 is 11.8 Å². The molecule has 168 valence electrons. The van der Waals surface area contributed by atoms with Gasteiger partial charge >= 0.3 is 0 Å². The number of aryl methyl sites for hydroxylation is 1. The van der Waals surface area contributed by atoms with Gasteiger partial charge in [-0.15, -0.1) is 11.8 Å². The summed E-state index contributed by atoms with van der Waals surface area (Å²) in [5.41, 5.74) is 1.97. The molecule has 0 aliphatic heterocycles. The number of amides is 1. The number of carbonyl (C=O) groups excluding carboxylic acids is 1. The molecule has 0 heterocycles. The van der Waals surface area contributed by atoms with Crippen molar-refractivity contribution in [1.29, 1.82) is 0 Å². The molecule has 3 rings (SSSR count). The van der Waals surface area contributed by atoms with Gasteiger partial charge in [0.25, 0.3) is 10.0 Å². The minimum absolute atomic E-state index is 0.102. The normalized spacial score (nSPS) is 11.1. The molecule has 8 heteroatoms. The van der Waals surface area contributed by atoms with Gasteiger partial charge in [-0.1, -0.05) is 29.8 Å². The van der Waals surface area contributed by atoms with Gasteiger partial charge < -0.3 is 10.1 Å². The SMILES string of the molecule is CCOc1ccccc1N(CC(=O)Nc1ccc(C)cc1)S(=O)(=O)c1ccc(SC)cc1. The number of sulfonamides is 1. The zero-order valence-corrected chi connectivity index (χ0v) is 19.9. The number of carbonyl (C=O) groups is 1. The van der Waals surface area contributed by atoms with E-state index in [1.807, 2.05) is 32.2 Å². The second-order valence-corrected chi connectivity index (χ2v) is 9.74. The fraction of sp³-hybridized carbons (Fsp3) is 0.208. The molecule has 0 atom stereocenters. The topological polar surface area (TPSA) is 75.7 Å². The quantitative estimate of drug-likeness (QED) is 0.448. The molecule has 0 bridgehead atoms. The monoisotopic (exact) mass is 470 g/mol. The average Bonchev–Trinajstić information content (AvgIpc) is 2.80. The smallest absolute Gasteiger partial charge is 0.264 e. The minimum atomic E-state index is -4.03. The first-order valence-electron chi connectivity index (χ1n) is 10.1. The summed E-state index contributed by atoms with van der Waals surface area (Å²) in [6.45, 7) is 3.74. The zero-order chi connectivity index (χ0) is 23.1. The molecular weight excluding hydrogens is 444 g/mol. The molecule has 6 nitrogen and oxygen atoms in total. The summed E-state index contributed by atoms with van der Waals surface area (Å²) in [7, 11) is -4.03. The van der Waals surface area contributed by atoms with Crippen LogP contribution in [0.2, 0.25) is 0 Å². The number of nitrogens with zero attached hydrogens (tertiary/aromatic N) is 1. The maximum atomic E-state index is 13.6. The van der Waals surface area contributed by atoms with Crippen molar-refractivity contribution in [3.05, 3.63) is 78.4 Å². The Hall–Kier alpha value is -2.97. The Morgan fingerprint density at radius 3 is 2.28 bits per heavy atom. The van der Waals surface area contributed by atoms with Crippen LogP contribution in [0.15, 0.2) is 82.6 Å². The van der Waals surface area contributed by atoms with Crippen molar-refractivity contribution in [2.45, 2.75) is 23.6 Å². The van der Waals surface area contributed by atoms with Crippen LogP contribution in [0.25, 0.3) is 0 Å². The number of ether oxygens (including phenoxy) is 1. The van der Waals surface area contributed by atoms with E-state index in [0.717, 1.165) is 14.8 Å². The van der Waals surface area contributed by atoms with E-state index in [1.165, 1.54) is 11.8 Å². The van der Waals surface area contributed by atoms with Gasteiger partial charge in [0.2, 0.25) is 5.91 Å². The van der Waals surface area contributed by atoms with Crippen LogP contribution in [0, 0.1) is 6.92 Å². The Balaban J connectivity index is 1.99. The third-order valence-electron chi connectivity index (χ3n) is 4.70. The van der Waals surface area contributed by atoms with E-state index >= 15 is 0 Å². The highest BCUT2D eigenvalue weighted by molar-refractivity contribution is 7.98. The number of benzene rings is 3. The van der Waals surface area contributed by atoms with Gasteiger partial charge in [0.15, 0.2) is 0 Å². The molecule has 1 amide bonds. The molecule has 0 spiro atoms. The lowest BCUT2D eigenvalue weighted by atomic mass is 10.2. The van der Waals surface area contributed by atoms with Gasteiger partial charge in [-0.2, -0.15) is 0 Å². The van der Waals surface area contributed by atoms with Crippen molar-refractivity contribution >= 4 is 39.1 Å². The zero-order valence-electron chi connectivity index (χ0n) is 18.2. The lowest BCUT2D eigenvalue weighted by Gasteiger charge is -2.26. The fourth-order valence-electron chi connectivity index (χ4n) is 3.08. The van der Waals surface area contributed by atoms with Gasteiger partial charge in [0, 0.05) is 10.6 Å². The average molecular weight is 471 g/mol. The standard InChI is InChI=1S/C24H26N2O4S2/c1-4-30-23-8-6-5-7-22(23)26(17-24(27)25-19-11-9-18(2)10-12-19)32(28,29)21-15-13-20(31-3)14-16-21/h5-16H,4,17H2,1-3H3,(H,25,27). The summed E-state index contributed by atoms with van der Waals surface area (Å²) in [6, 6.07) is 20.7. The summed E-state index contributed by atoms with van der Waals surface area (Å²) >= 11 is 1.52. The van der Waals surface area contributed by atoms with E-state index in [2.05, 4.69) is 5.32 Å². The highest BCUT2D eigenvalue weighted by atomic mass is 32.2. The molecule has 0 unspecified atom stereocenters. The molecular formula is C24H26N2O4S2. The molecule has 3 aromatic rings. The summed E-state index contributed by atoms with van der Waals surface area (Å²) < 4.78 is 34.0. The van der Waals surface area contributed by atoms with Crippen LogP contribution in [0.3, 0.4) is 0 Å². The number of nitrogens with one attached hydrogen (secondary N) is 1. The third-order valence-corrected chi connectivity index (χ3v) is 7.22. The third kappa shape index (κ3) is 5.63. The van der Waals surface area contributed by atoms with Gasteiger partial charge in [-0.05, 0) is 68.6 Å². The number of hydrogen-bond donors (Lipinski definition) is 1. The Morgan fingerprint density at radius 2 is 1.66 bits per heavy atom. The van der Waals surface area contributed by atoms with Crippen molar-refractivity contribution in [3.63, 3.8) is 0 Å². The highest BCUT2D eigenvalue weighted by Gasteiger charge is 2.29. The molecule has 0 aromatic heterocycles. The first-order valence-corrected chi connectivity index (χ1v) is 12.8. The van der Waals surface area contributed by atoms with Crippen LogP contribution in [-0.4, -0.2) is 33.7 Å². The van der Waals surface area contributed by atoms with Crippen molar-refractivity contribution < 1.29 is 17.9 Å². The Kier molecular flexibility index (Phi) is 7.82. The van der Waals surface area contributed by atoms with Crippen LogP contribution in [0.1, 0.15) is 12.5 Å². The largest absolute Gasteiger partial charge is 0.492 e. The molecule has 0 saturated heterocycles. The number of thioether (sulfide) groups is 1. The highest BCUT2D eigenvalue weighted by Crippen LogP contribution is 2.33. The molecule has 32 heavy (non-hydrogen) atoms. The predicted molar refractivity (Wildman–Crippen MR) is 130 cm³/mol. The Labute approximate surface area is 193 Å². The van der Waals surface area contributed by atoms with E-state index < -0.39 is 22.5 Å². The summed E-state index contributed by atoms with van der Waals surface area (Å²) in [4.78, 5) is 13.9. The molecule has 0 radical (unpaired) electrons. The van der Waals surface area contributed by atoms with E-state index in [1.54, 1.807) is 60.7 Å². The molecule has 0 fully saturated rings. The van der Waals surface area contributed by atoms with Crippen molar-refractivity contribution in [3.8, 4) is 5.75 Å². The van der Waals surface area contributed by atoms with Gasteiger partial charge in [0.1, 0.15) is 12.3 Å². The van der Waals surface area contributed by atoms with Crippen LogP contribution in [0.4, 0.5) is 11.4 Å². The van der Waals surface area contributed by atoms with Crippen molar-refractivity contribution in [1.82, 2.24) is 0 Å². The van der Waals surface area contributed by atoms with E-state index in [0.29, 0.717) is 23.7 Å². The van der Waals surface area contributed by atoms with Crippen molar-refractivity contribution in [2.24, 2.45) is 0 Å². The lowest BCUT2D eigenvalue weighted by molar-refractivity contribution is -0.114. The predicted octanol–water partition coefficient (Wildman–Crippen LogP) is 4.95. The number of para-hydroxylation sites is 2. The summed E-state index contributed by atoms with van der Waals surface area (Å²) in [6.07, 6.45) is 1.92. The molecule has 3 aromatic carbocycles. The molecule has 0 aliphatic carbocycles. The van der Waals surface area contributed by atoms with Crippen LogP contribution in [0.5, 0.6) is 5.75 Å². The molecule has 1 N–H and O–H groups in total. The maximum absolute atomic E-state index is 13.6. The molecule has 0 aliphatic rings. The molecule has 0 saturated carbocycles. The summed E-state index contributed by atoms with van der Waals surface area (Å²) in [5, 5.41) is 2.77. The van der Waals surface area contributed by atoms with Crippen molar-refractivity contribution in [2.75, 3.05) is 29.0 Å². The number of rotatable bonds is 9. The first-order chi connectivity index (χ1) is 15.3. The number of hydrogen-bond acceptors (Lipinski definition) is 5. The van der Waals surface area contributed by atoms with Crippen LogP contribution < -0.4 is 14.4 Å². The van der Waals surface area contributed by atoms with Gasteiger partial charge in [0.05, 0.1) is 17.2 Å². The van der Waals surface area contributed by atoms with Gasteiger partial charge in [-0.3, -0.25) is 9.10 Å². The van der Waals surface area contributed by atoms with E-state index in [-0.39, 0.29) is 4.90 Å². The van der Waals surface area contributed by atoms with Gasteiger partial charge in [-0.25, -0.2) is 8.42 Å². The Bertz CT molecular complexity index is 1160. The van der Waals surface area contributed by atoms with E-state index in [4.69, 9.17) is 4.74 Å². The van der Waals surface area contributed by atoms with Crippen LogP contribution in [-0.2, 0) is 14.8 Å². The second-order valence-electron chi connectivity index (χ2n) is 7.00. The van der Waals surface area contributed by atoms with E-state index in [9.17, 15) is 13.2 Å². The lowest BCUT2D eigenvalue weighted by Crippen LogP contribution is -2.38. The second kappa shape index (κ2) is 10.6. The first kappa shape index (κ1) is 23.7. The minimum Gasteiger partial charge on any atom is -0.492 e. The Morgan fingerprint density at radius 1 is 1.00 bits per heavy atom. The fourth-order valence-corrected chi connectivity index (χ4v) is 4.92. The maximum Gasteiger partial charge on any atom is 0.264 e. The number of anilines is 2.